The molecule has 1 atom stereocenters. The molecule has 3 aromatic carbocycles. The molecule has 1 fully saturated rings. The number of rotatable bonds is 8. The topological polar surface area (TPSA) is 103 Å². The predicted molar refractivity (Wildman–Crippen MR) is 139 cm³/mol. The molecule has 4 aromatic rings. The summed E-state index contributed by atoms with van der Waals surface area (Å²) in [6, 6.07) is 19.9. The number of nitrogens with one attached hydrogen (secondary N) is 1. The van der Waals surface area contributed by atoms with Gasteiger partial charge in [0.15, 0.2) is 5.78 Å². The number of Topliss-reactive ketones (excluding diaryl/α,β-unsaturated/α-hetero) is 1. The van der Waals surface area contributed by atoms with E-state index in [4.69, 9.17) is 4.74 Å². The van der Waals surface area contributed by atoms with Crippen LogP contribution >= 0.6 is 0 Å². The summed E-state index contributed by atoms with van der Waals surface area (Å²) >= 11 is 0. The number of para-hydroxylation sites is 1. The van der Waals surface area contributed by atoms with Gasteiger partial charge in [-0.05, 0) is 37.3 Å². The number of ether oxygens (including phenoxy) is 1. The van der Waals surface area contributed by atoms with Crippen LogP contribution in [-0.4, -0.2) is 78.9 Å². The highest BCUT2D eigenvalue weighted by molar-refractivity contribution is 7.89. The lowest BCUT2D eigenvalue weighted by Crippen LogP contribution is -2.50. The van der Waals surface area contributed by atoms with Gasteiger partial charge in [0.25, 0.3) is 0 Å². The molecule has 8 nitrogen and oxygen atoms in total. The molecule has 1 aliphatic rings. The molecule has 1 aliphatic heterocycles. The maximum Gasteiger partial charge on any atom is 0.243 e. The Balaban J connectivity index is 1.17. The van der Waals surface area contributed by atoms with Crippen molar-refractivity contribution >= 4 is 37.6 Å². The number of carbonyl (C=O) groups is 1. The van der Waals surface area contributed by atoms with E-state index in [-0.39, 0.29) is 17.3 Å². The monoisotopic (exact) mass is 507 g/mol. The lowest BCUT2D eigenvalue weighted by atomic mass is 10.1. The van der Waals surface area contributed by atoms with Gasteiger partial charge >= 0.3 is 0 Å². The second-order valence-corrected chi connectivity index (χ2v) is 11.0. The number of piperazine rings is 1. The largest absolute Gasteiger partial charge is 0.490 e. The first-order chi connectivity index (χ1) is 17.3. The van der Waals surface area contributed by atoms with E-state index < -0.39 is 16.1 Å². The van der Waals surface area contributed by atoms with Crippen LogP contribution in [0.2, 0.25) is 0 Å². The number of nitrogens with zero attached hydrogens (tertiary/aromatic N) is 2. The number of aromatic nitrogens is 1. The number of carbonyl (C=O) groups excluding carboxylic acids is 1. The first-order valence-corrected chi connectivity index (χ1v) is 13.4. The molecule has 2 N–H and O–H groups in total. The normalized spacial score (nSPS) is 16.4. The standard InChI is InChI=1S/C27H29N3O5S/c1-19(31)20-9-11-22(12-10-20)36(33,34)30-15-13-29(14-16-30)17-21(32)18-35-26-8-4-7-25-27(26)23-5-2-3-6-24(23)28-25/h2-12,21,28,32H,13-18H2,1H3. The second-order valence-electron chi connectivity index (χ2n) is 9.10. The summed E-state index contributed by atoms with van der Waals surface area (Å²) in [5.41, 5.74) is 2.50. The van der Waals surface area contributed by atoms with Gasteiger partial charge in [-0.3, -0.25) is 9.69 Å². The minimum Gasteiger partial charge on any atom is -0.490 e. The van der Waals surface area contributed by atoms with Crippen LogP contribution in [0.15, 0.2) is 71.6 Å². The van der Waals surface area contributed by atoms with Gasteiger partial charge in [-0.25, -0.2) is 8.42 Å². The van der Waals surface area contributed by atoms with Gasteiger partial charge in [-0.15, -0.1) is 0 Å². The fourth-order valence-corrected chi connectivity index (χ4v) is 6.11. The minimum atomic E-state index is -3.63. The number of sulfonamides is 1. The van der Waals surface area contributed by atoms with E-state index in [2.05, 4.69) is 4.98 Å². The number of ketones is 1. The molecule has 1 aromatic heterocycles. The number of hydrogen-bond acceptors (Lipinski definition) is 6. The number of H-pyrrole nitrogens is 1. The molecule has 0 aliphatic carbocycles. The number of fused-ring (bicyclic) bond motifs is 3. The average Bonchev–Trinajstić information content (AvgIpc) is 3.27. The van der Waals surface area contributed by atoms with Crippen molar-refractivity contribution in [3.05, 3.63) is 72.3 Å². The number of hydrogen-bond donors (Lipinski definition) is 2. The Hall–Kier alpha value is -3.24. The van der Waals surface area contributed by atoms with Crippen molar-refractivity contribution in [3.8, 4) is 5.75 Å². The summed E-state index contributed by atoms with van der Waals surface area (Å²) in [6.45, 7) is 3.67. The summed E-state index contributed by atoms with van der Waals surface area (Å²) in [5.74, 6) is 0.615. The third-order valence-corrected chi connectivity index (χ3v) is 8.53. The summed E-state index contributed by atoms with van der Waals surface area (Å²) in [7, 11) is -3.63. The zero-order valence-corrected chi connectivity index (χ0v) is 20.9. The van der Waals surface area contributed by atoms with Crippen molar-refractivity contribution in [1.29, 1.82) is 0 Å². The van der Waals surface area contributed by atoms with Gasteiger partial charge in [-0.2, -0.15) is 4.31 Å². The summed E-state index contributed by atoms with van der Waals surface area (Å²) < 4.78 is 33.4. The van der Waals surface area contributed by atoms with Crippen LogP contribution in [0.4, 0.5) is 0 Å². The van der Waals surface area contributed by atoms with Gasteiger partial charge in [-0.1, -0.05) is 36.4 Å². The van der Waals surface area contributed by atoms with Crippen LogP contribution in [0.3, 0.4) is 0 Å². The fourth-order valence-electron chi connectivity index (χ4n) is 4.69. The van der Waals surface area contributed by atoms with E-state index in [1.165, 1.54) is 23.4 Å². The molecule has 0 bridgehead atoms. The van der Waals surface area contributed by atoms with Crippen molar-refractivity contribution in [2.75, 3.05) is 39.3 Å². The molecule has 36 heavy (non-hydrogen) atoms. The molecule has 0 amide bonds. The van der Waals surface area contributed by atoms with E-state index in [1.54, 1.807) is 12.1 Å². The zero-order valence-electron chi connectivity index (χ0n) is 20.1. The Kier molecular flexibility index (Phi) is 6.81. The van der Waals surface area contributed by atoms with E-state index in [0.29, 0.717) is 38.3 Å². The van der Waals surface area contributed by atoms with Gasteiger partial charge < -0.3 is 14.8 Å². The first-order valence-electron chi connectivity index (χ1n) is 12.0. The molecule has 1 unspecified atom stereocenters. The van der Waals surface area contributed by atoms with Crippen molar-refractivity contribution < 1.29 is 23.1 Å². The highest BCUT2D eigenvalue weighted by Crippen LogP contribution is 2.33. The summed E-state index contributed by atoms with van der Waals surface area (Å²) in [5, 5.41) is 12.7. The maximum atomic E-state index is 13.0. The molecule has 0 radical (unpaired) electrons. The fraction of sp³-hybridized carbons (Fsp3) is 0.296. The number of aliphatic hydroxyl groups excluding tert-OH is 1. The van der Waals surface area contributed by atoms with E-state index in [9.17, 15) is 18.3 Å². The van der Waals surface area contributed by atoms with Crippen LogP contribution in [0, 0.1) is 0 Å². The van der Waals surface area contributed by atoms with Crippen LogP contribution in [0.25, 0.3) is 21.8 Å². The SMILES string of the molecule is CC(=O)c1ccc(S(=O)(=O)N2CCN(CC(O)COc3cccc4[nH]c5ccccc5c34)CC2)cc1. The van der Waals surface area contributed by atoms with Crippen molar-refractivity contribution in [2.45, 2.75) is 17.9 Å². The minimum absolute atomic E-state index is 0.103. The van der Waals surface area contributed by atoms with Gasteiger partial charge in [0.05, 0.1) is 10.4 Å². The molecular weight excluding hydrogens is 478 g/mol. The van der Waals surface area contributed by atoms with Crippen LogP contribution in [0.1, 0.15) is 17.3 Å². The van der Waals surface area contributed by atoms with Crippen molar-refractivity contribution in [2.24, 2.45) is 0 Å². The van der Waals surface area contributed by atoms with Crippen LogP contribution < -0.4 is 4.74 Å². The molecule has 1 saturated heterocycles. The Bertz CT molecular complexity index is 1490. The Morgan fingerprint density at radius 1 is 0.972 bits per heavy atom. The average molecular weight is 508 g/mol. The molecular formula is C27H29N3O5S. The smallest absolute Gasteiger partial charge is 0.243 e. The Labute approximate surface area is 210 Å². The molecule has 188 valence electrons. The lowest BCUT2D eigenvalue weighted by molar-refractivity contribution is 0.0573. The van der Waals surface area contributed by atoms with Gasteiger partial charge in [0.2, 0.25) is 10.0 Å². The zero-order chi connectivity index (χ0) is 25.3. The van der Waals surface area contributed by atoms with E-state index in [0.717, 1.165) is 27.6 Å². The first kappa shape index (κ1) is 24.5. The lowest BCUT2D eigenvalue weighted by Gasteiger charge is -2.34. The van der Waals surface area contributed by atoms with Crippen LogP contribution in [-0.2, 0) is 10.0 Å². The summed E-state index contributed by atoms with van der Waals surface area (Å²) in [6.07, 6.45) is -0.715. The summed E-state index contributed by atoms with van der Waals surface area (Å²) in [4.78, 5) is 17.1. The molecule has 5 rings (SSSR count). The number of benzene rings is 3. The number of β-amino-alcohol motifs (C(OH)–C–C–N with tert-alkyl or cyclic N) is 1. The number of aromatic amines is 1. The Morgan fingerprint density at radius 3 is 2.39 bits per heavy atom. The third-order valence-electron chi connectivity index (χ3n) is 6.62. The van der Waals surface area contributed by atoms with E-state index in [1.807, 2.05) is 47.4 Å². The van der Waals surface area contributed by atoms with Crippen molar-refractivity contribution in [1.82, 2.24) is 14.2 Å². The third kappa shape index (κ3) is 4.87. The van der Waals surface area contributed by atoms with Gasteiger partial charge in [0, 0.05) is 54.6 Å². The predicted octanol–water partition coefficient (Wildman–Crippen LogP) is 3.27. The molecule has 0 saturated carbocycles. The Morgan fingerprint density at radius 2 is 1.67 bits per heavy atom. The molecule has 9 heteroatoms. The van der Waals surface area contributed by atoms with Crippen LogP contribution in [0.5, 0.6) is 5.75 Å². The maximum absolute atomic E-state index is 13.0. The molecule has 0 spiro atoms. The quantitative estimate of drug-likeness (QED) is 0.355. The highest BCUT2D eigenvalue weighted by atomic mass is 32.2. The van der Waals surface area contributed by atoms with Gasteiger partial charge in [0.1, 0.15) is 18.5 Å². The van der Waals surface area contributed by atoms with E-state index >= 15 is 0 Å². The highest BCUT2D eigenvalue weighted by Gasteiger charge is 2.29. The number of aliphatic hydroxyl groups is 1. The molecule has 2 heterocycles. The second kappa shape index (κ2) is 10.0. The van der Waals surface area contributed by atoms with Crippen molar-refractivity contribution in [3.63, 3.8) is 0 Å².